The quantitative estimate of drug-likeness (QED) is 0.814. The molecule has 0 atom stereocenters. The minimum Gasteiger partial charge on any atom is -0.314 e. The highest BCUT2D eigenvalue weighted by atomic mass is 14.9. The summed E-state index contributed by atoms with van der Waals surface area (Å²) in [4.78, 5) is 0. The monoisotopic (exact) mass is 215 g/mol. The number of hydrogen-bond acceptors (Lipinski definition) is 1. The van der Waals surface area contributed by atoms with Gasteiger partial charge in [-0.1, -0.05) is 18.2 Å². The maximum Gasteiger partial charge on any atom is 0.00683 e. The fraction of sp³-hybridized carbons (Fsp3) is 0.600. The Hall–Kier alpha value is -0.820. The van der Waals surface area contributed by atoms with Crippen molar-refractivity contribution in [2.75, 3.05) is 6.54 Å². The van der Waals surface area contributed by atoms with E-state index in [9.17, 15) is 0 Å². The van der Waals surface area contributed by atoms with Crippen LogP contribution in [0.2, 0.25) is 0 Å². The van der Waals surface area contributed by atoms with E-state index < -0.39 is 0 Å². The summed E-state index contributed by atoms with van der Waals surface area (Å²) in [5, 5.41) is 3.59. The minimum absolute atomic E-state index is 0.845. The van der Waals surface area contributed by atoms with Crippen LogP contribution in [-0.4, -0.2) is 12.6 Å². The summed E-state index contributed by atoms with van der Waals surface area (Å²) in [5.41, 5.74) is 4.74. The largest absolute Gasteiger partial charge is 0.314 e. The number of rotatable bonds is 4. The molecule has 1 aromatic carbocycles. The molecule has 3 rings (SSSR count). The fourth-order valence-corrected chi connectivity index (χ4v) is 2.65. The fourth-order valence-electron chi connectivity index (χ4n) is 2.65. The zero-order valence-corrected chi connectivity index (χ0v) is 9.97. The van der Waals surface area contributed by atoms with Gasteiger partial charge >= 0.3 is 0 Å². The van der Waals surface area contributed by atoms with Crippen LogP contribution in [0.3, 0.4) is 0 Å². The molecule has 1 nitrogen and oxygen atoms in total. The highest BCUT2D eigenvalue weighted by Crippen LogP contribution is 2.22. The summed E-state index contributed by atoms with van der Waals surface area (Å²) in [5.74, 6) is 0. The molecule has 0 aliphatic heterocycles. The smallest absolute Gasteiger partial charge is 0.00683 e. The first-order valence-electron chi connectivity index (χ1n) is 6.76. The van der Waals surface area contributed by atoms with Gasteiger partial charge in [-0.25, -0.2) is 0 Å². The second kappa shape index (κ2) is 4.58. The minimum atomic E-state index is 0.845. The van der Waals surface area contributed by atoms with Crippen molar-refractivity contribution in [2.45, 2.75) is 51.0 Å². The van der Waals surface area contributed by atoms with Crippen molar-refractivity contribution in [1.29, 1.82) is 0 Å². The van der Waals surface area contributed by atoms with E-state index in [1.54, 1.807) is 11.1 Å². The number of fused-ring (bicyclic) bond motifs is 1. The maximum absolute atomic E-state index is 3.59. The van der Waals surface area contributed by atoms with Gasteiger partial charge in [0.05, 0.1) is 0 Å². The summed E-state index contributed by atoms with van der Waals surface area (Å²) in [6.07, 6.45) is 9.36. The van der Waals surface area contributed by atoms with Crippen molar-refractivity contribution >= 4 is 0 Å². The van der Waals surface area contributed by atoms with Crippen LogP contribution in [0.5, 0.6) is 0 Å². The van der Waals surface area contributed by atoms with E-state index in [1.807, 2.05) is 0 Å². The molecule has 0 unspecified atom stereocenters. The maximum atomic E-state index is 3.59. The molecule has 86 valence electrons. The molecule has 1 aromatic rings. The van der Waals surface area contributed by atoms with Gasteiger partial charge in [-0.05, 0) is 68.2 Å². The number of benzene rings is 1. The summed E-state index contributed by atoms with van der Waals surface area (Å²) in [7, 11) is 0. The third-order valence-electron chi connectivity index (χ3n) is 3.84. The van der Waals surface area contributed by atoms with E-state index in [0.717, 1.165) is 12.6 Å². The van der Waals surface area contributed by atoms with Crippen molar-refractivity contribution in [3.05, 3.63) is 34.9 Å². The first-order valence-corrected chi connectivity index (χ1v) is 6.76. The van der Waals surface area contributed by atoms with Crippen LogP contribution < -0.4 is 5.32 Å². The summed E-state index contributed by atoms with van der Waals surface area (Å²) >= 11 is 0. The highest BCUT2D eigenvalue weighted by Gasteiger charge is 2.19. The SMILES string of the molecule is c1cc2c(cc1CCNC1CC1)CCCC2. The average Bonchev–Trinajstić information content (AvgIpc) is 3.13. The van der Waals surface area contributed by atoms with Crippen molar-refractivity contribution in [3.8, 4) is 0 Å². The summed E-state index contributed by atoms with van der Waals surface area (Å²) in [6.45, 7) is 1.16. The lowest BCUT2D eigenvalue weighted by Gasteiger charge is -2.16. The van der Waals surface area contributed by atoms with Gasteiger partial charge in [0.1, 0.15) is 0 Å². The zero-order valence-electron chi connectivity index (χ0n) is 9.97. The van der Waals surface area contributed by atoms with Crippen molar-refractivity contribution in [1.82, 2.24) is 5.32 Å². The Labute approximate surface area is 98.3 Å². The zero-order chi connectivity index (χ0) is 10.8. The molecule has 0 heterocycles. The highest BCUT2D eigenvalue weighted by molar-refractivity contribution is 5.33. The lowest BCUT2D eigenvalue weighted by atomic mass is 9.90. The molecule has 0 radical (unpaired) electrons. The van der Waals surface area contributed by atoms with Gasteiger partial charge in [-0.3, -0.25) is 0 Å². The molecule has 2 aliphatic carbocycles. The first-order chi connectivity index (χ1) is 7.92. The van der Waals surface area contributed by atoms with Gasteiger partial charge in [-0.2, -0.15) is 0 Å². The van der Waals surface area contributed by atoms with Gasteiger partial charge in [0.15, 0.2) is 0 Å². The Morgan fingerprint density at radius 3 is 2.69 bits per heavy atom. The Balaban J connectivity index is 1.60. The normalized spacial score (nSPS) is 19.5. The second-order valence-corrected chi connectivity index (χ2v) is 5.29. The van der Waals surface area contributed by atoms with Gasteiger partial charge in [0.25, 0.3) is 0 Å². The summed E-state index contributed by atoms with van der Waals surface area (Å²) in [6, 6.07) is 7.99. The first kappa shape index (κ1) is 10.3. The topological polar surface area (TPSA) is 12.0 Å². The van der Waals surface area contributed by atoms with Gasteiger partial charge < -0.3 is 5.32 Å². The predicted molar refractivity (Wildman–Crippen MR) is 67.8 cm³/mol. The van der Waals surface area contributed by atoms with Crippen LogP contribution >= 0.6 is 0 Å². The van der Waals surface area contributed by atoms with Gasteiger partial charge in [-0.15, -0.1) is 0 Å². The number of nitrogens with one attached hydrogen (secondary N) is 1. The van der Waals surface area contributed by atoms with Crippen LogP contribution in [0.1, 0.15) is 42.4 Å². The molecule has 0 bridgehead atoms. The number of aryl methyl sites for hydroxylation is 2. The lowest BCUT2D eigenvalue weighted by molar-refractivity contribution is 0.672. The summed E-state index contributed by atoms with van der Waals surface area (Å²) < 4.78 is 0. The third-order valence-corrected chi connectivity index (χ3v) is 3.84. The van der Waals surface area contributed by atoms with Crippen LogP contribution in [0.4, 0.5) is 0 Å². The lowest BCUT2D eigenvalue weighted by Crippen LogP contribution is -2.19. The third kappa shape index (κ3) is 2.46. The van der Waals surface area contributed by atoms with Crippen LogP contribution in [0, 0.1) is 0 Å². The predicted octanol–water partition coefficient (Wildman–Crippen LogP) is 2.86. The van der Waals surface area contributed by atoms with E-state index in [0.29, 0.717) is 0 Å². The second-order valence-electron chi connectivity index (χ2n) is 5.29. The van der Waals surface area contributed by atoms with E-state index in [-0.39, 0.29) is 0 Å². The molecular weight excluding hydrogens is 194 g/mol. The van der Waals surface area contributed by atoms with Crippen LogP contribution in [0.25, 0.3) is 0 Å². The number of hydrogen-bond donors (Lipinski definition) is 1. The van der Waals surface area contributed by atoms with E-state index in [2.05, 4.69) is 23.5 Å². The van der Waals surface area contributed by atoms with E-state index in [1.165, 1.54) is 50.5 Å². The van der Waals surface area contributed by atoms with Crippen molar-refractivity contribution in [2.24, 2.45) is 0 Å². The molecular formula is C15H21N. The van der Waals surface area contributed by atoms with Crippen LogP contribution in [-0.2, 0) is 19.3 Å². The Kier molecular flexibility index (Phi) is 2.96. The molecule has 2 aliphatic rings. The standard InChI is InChI=1S/C15H21N/c1-2-4-14-11-12(5-6-13(14)3-1)9-10-16-15-7-8-15/h5-6,11,15-16H,1-4,7-10H2. The Morgan fingerprint density at radius 1 is 1.06 bits per heavy atom. The molecule has 1 saturated carbocycles. The Bertz CT molecular complexity index is 366. The van der Waals surface area contributed by atoms with Gasteiger partial charge in [0, 0.05) is 6.04 Å². The molecule has 1 fully saturated rings. The van der Waals surface area contributed by atoms with Gasteiger partial charge in [0.2, 0.25) is 0 Å². The Morgan fingerprint density at radius 2 is 1.88 bits per heavy atom. The van der Waals surface area contributed by atoms with E-state index in [4.69, 9.17) is 0 Å². The molecule has 0 spiro atoms. The van der Waals surface area contributed by atoms with Crippen LogP contribution in [0.15, 0.2) is 18.2 Å². The molecule has 0 saturated heterocycles. The average molecular weight is 215 g/mol. The molecule has 0 aromatic heterocycles. The van der Waals surface area contributed by atoms with E-state index >= 15 is 0 Å². The molecule has 0 amide bonds. The molecule has 16 heavy (non-hydrogen) atoms. The molecule has 1 N–H and O–H groups in total. The molecule has 1 heteroatoms. The van der Waals surface area contributed by atoms with Crippen molar-refractivity contribution < 1.29 is 0 Å². The van der Waals surface area contributed by atoms with Crippen molar-refractivity contribution in [3.63, 3.8) is 0 Å².